The van der Waals surface area contributed by atoms with Crippen LogP contribution in [0.25, 0.3) is 0 Å². The lowest BCUT2D eigenvalue weighted by atomic mass is 9.99. The normalized spacial score (nSPS) is 20.7. The van der Waals surface area contributed by atoms with Gasteiger partial charge in [-0.1, -0.05) is 145 Å². The second-order valence-corrected chi connectivity index (χ2v) is 15.5. The number of esters is 2. The Kier molecular flexibility index (Phi) is 36.1. The highest BCUT2D eigenvalue weighted by Gasteiger charge is 2.44. The average Bonchev–Trinajstić information content (AvgIpc) is 3.23. The Balaban J connectivity index is 2.37. The molecule has 0 spiro atoms. The van der Waals surface area contributed by atoms with Crippen molar-refractivity contribution >= 4 is 11.9 Å². The molecule has 0 bridgehead atoms. The van der Waals surface area contributed by atoms with Crippen LogP contribution < -0.4 is 0 Å². The fourth-order valence-corrected chi connectivity index (χ4v) is 6.44. The quantitative estimate of drug-likeness (QED) is 0.0271. The maximum absolute atomic E-state index is 12.8. The molecular weight excluding hydrogens is 749 g/mol. The zero-order valence-corrected chi connectivity index (χ0v) is 36.7. The third-order valence-corrected chi connectivity index (χ3v) is 10.1. The molecule has 10 heteroatoms. The van der Waals surface area contributed by atoms with Gasteiger partial charge in [-0.2, -0.15) is 0 Å². The molecule has 1 aliphatic heterocycles. The summed E-state index contributed by atoms with van der Waals surface area (Å²) in [4.78, 5) is 25.3. The van der Waals surface area contributed by atoms with Crippen LogP contribution in [0, 0.1) is 0 Å². The van der Waals surface area contributed by atoms with E-state index in [2.05, 4.69) is 86.8 Å². The lowest BCUT2D eigenvalue weighted by Crippen LogP contribution is -2.59. The van der Waals surface area contributed by atoms with Gasteiger partial charge in [0.1, 0.15) is 31.0 Å². The molecule has 0 aromatic carbocycles. The van der Waals surface area contributed by atoms with Crippen LogP contribution in [0.1, 0.15) is 168 Å². The van der Waals surface area contributed by atoms with Crippen LogP contribution in [0.5, 0.6) is 0 Å². The van der Waals surface area contributed by atoms with Crippen molar-refractivity contribution in [3.05, 3.63) is 72.9 Å². The third-order valence-electron chi connectivity index (χ3n) is 10.1. The molecule has 0 saturated carbocycles. The van der Waals surface area contributed by atoms with Gasteiger partial charge in [-0.05, 0) is 83.5 Å². The minimum Gasteiger partial charge on any atom is -0.462 e. The van der Waals surface area contributed by atoms with E-state index in [0.29, 0.717) is 12.8 Å². The Morgan fingerprint density at radius 2 is 1.00 bits per heavy atom. The van der Waals surface area contributed by atoms with Gasteiger partial charge in [-0.25, -0.2) is 0 Å². The molecule has 10 nitrogen and oxygen atoms in total. The number of hydrogen-bond acceptors (Lipinski definition) is 10. The first-order valence-electron chi connectivity index (χ1n) is 23.0. The largest absolute Gasteiger partial charge is 0.462 e. The molecule has 1 fully saturated rings. The van der Waals surface area contributed by atoms with Crippen molar-refractivity contribution in [1.82, 2.24) is 0 Å². The van der Waals surface area contributed by atoms with E-state index in [9.17, 15) is 30.0 Å². The summed E-state index contributed by atoms with van der Waals surface area (Å²) in [7, 11) is 0. The van der Waals surface area contributed by atoms with Crippen LogP contribution in [0.2, 0.25) is 0 Å². The van der Waals surface area contributed by atoms with Crippen LogP contribution in [-0.2, 0) is 28.5 Å². The molecule has 1 aliphatic rings. The number of unbranched alkanes of at least 4 members (excludes halogenated alkanes) is 14. The van der Waals surface area contributed by atoms with E-state index in [1.54, 1.807) is 0 Å². The summed E-state index contributed by atoms with van der Waals surface area (Å²) in [5.41, 5.74) is 0. The van der Waals surface area contributed by atoms with E-state index < -0.39 is 55.4 Å². The maximum atomic E-state index is 12.8. The number of aliphatic hydroxyl groups is 4. The minimum absolute atomic E-state index is 0.183. The number of allylic oxidation sites excluding steroid dienone is 12. The summed E-state index contributed by atoms with van der Waals surface area (Å²) in [5, 5.41) is 40.1. The van der Waals surface area contributed by atoms with Gasteiger partial charge in [0.05, 0.1) is 13.2 Å². The molecule has 1 rings (SSSR count). The monoisotopic (exact) mass is 831 g/mol. The number of carbonyl (C=O) groups is 2. The van der Waals surface area contributed by atoms with E-state index >= 15 is 0 Å². The SMILES string of the molecule is CC/C=C/C/C=C/C/C=C/C/C=C/C/C=C/CCCCCC(=O)O[C@H](COC(=O)CCCC/C=C/CCCCCCCCCCC)CO[C@@H]1O[C@H](CO)[C@H](O)C(O)C1O. The van der Waals surface area contributed by atoms with E-state index in [1.807, 2.05) is 0 Å². The smallest absolute Gasteiger partial charge is 0.306 e. The van der Waals surface area contributed by atoms with Crippen LogP contribution in [-0.4, -0.2) is 89.0 Å². The highest BCUT2D eigenvalue weighted by atomic mass is 16.7. The summed E-state index contributed by atoms with van der Waals surface area (Å²) >= 11 is 0. The van der Waals surface area contributed by atoms with Gasteiger partial charge in [0, 0.05) is 12.8 Å². The predicted octanol–water partition coefficient (Wildman–Crippen LogP) is 10.00. The summed E-state index contributed by atoms with van der Waals surface area (Å²) in [6.45, 7) is 3.24. The fraction of sp³-hybridized carbons (Fsp3) is 0.714. The average molecular weight is 831 g/mol. The molecule has 0 amide bonds. The molecule has 1 heterocycles. The molecule has 1 saturated heterocycles. The number of aliphatic hydroxyl groups excluding tert-OH is 4. The van der Waals surface area contributed by atoms with E-state index in [1.165, 1.54) is 57.8 Å². The van der Waals surface area contributed by atoms with Gasteiger partial charge >= 0.3 is 11.9 Å². The van der Waals surface area contributed by atoms with Gasteiger partial charge < -0.3 is 39.4 Å². The van der Waals surface area contributed by atoms with Crippen molar-refractivity contribution in [2.24, 2.45) is 0 Å². The molecule has 59 heavy (non-hydrogen) atoms. The van der Waals surface area contributed by atoms with Crippen molar-refractivity contribution in [3.8, 4) is 0 Å². The lowest BCUT2D eigenvalue weighted by Gasteiger charge is -2.39. The van der Waals surface area contributed by atoms with E-state index in [4.69, 9.17) is 18.9 Å². The molecule has 0 radical (unpaired) electrons. The van der Waals surface area contributed by atoms with Crippen molar-refractivity contribution in [2.75, 3.05) is 19.8 Å². The van der Waals surface area contributed by atoms with Gasteiger partial charge in [0.25, 0.3) is 0 Å². The van der Waals surface area contributed by atoms with Gasteiger partial charge in [0.2, 0.25) is 0 Å². The summed E-state index contributed by atoms with van der Waals surface area (Å²) in [5.74, 6) is -0.875. The minimum atomic E-state index is -1.61. The molecule has 0 aliphatic carbocycles. The number of carbonyl (C=O) groups excluding carboxylic acids is 2. The predicted molar refractivity (Wildman–Crippen MR) is 238 cm³/mol. The number of ether oxygens (including phenoxy) is 4. The molecule has 0 aromatic rings. The molecule has 2 unspecified atom stereocenters. The Hall–Kier alpha value is -2.86. The lowest BCUT2D eigenvalue weighted by molar-refractivity contribution is -0.305. The van der Waals surface area contributed by atoms with Gasteiger partial charge in [-0.15, -0.1) is 0 Å². The molecule has 0 aromatic heterocycles. The van der Waals surface area contributed by atoms with Gasteiger partial charge in [0.15, 0.2) is 12.4 Å². The summed E-state index contributed by atoms with van der Waals surface area (Å²) < 4.78 is 22.1. The molecular formula is C49H82O10. The molecule has 338 valence electrons. The highest BCUT2D eigenvalue weighted by molar-refractivity contribution is 5.70. The van der Waals surface area contributed by atoms with Crippen molar-refractivity contribution in [1.29, 1.82) is 0 Å². The molecule has 6 atom stereocenters. The number of hydrogen-bond donors (Lipinski definition) is 4. The van der Waals surface area contributed by atoms with Crippen LogP contribution in [0.3, 0.4) is 0 Å². The Morgan fingerprint density at radius 3 is 1.56 bits per heavy atom. The van der Waals surface area contributed by atoms with Crippen molar-refractivity contribution in [3.63, 3.8) is 0 Å². The fourth-order valence-electron chi connectivity index (χ4n) is 6.44. The van der Waals surface area contributed by atoms with Crippen molar-refractivity contribution in [2.45, 2.75) is 205 Å². The zero-order valence-electron chi connectivity index (χ0n) is 36.7. The maximum Gasteiger partial charge on any atom is 0.306 e. The third kappa shape index (κ3) is 30.8. The Bertz CT molecular complexity index is 1190. The van der Waals surface area contributed by atoms with E-state index in [-0.39, 0.29) is 26.1 Å². The van der Waals surface area contributed by atoms with Crippen LogP contribution in [0.15, 0.2) is 72.9 Å². The number of rotatable bonds is 37. The highest BCUT2D eigenvalue weighted by Crippen LogP contribution is 2.22. The zero-order chi connectivity index (χ0) is 43.0. The Labute approximate surface area is 357 Å². The van der Waals surface area contributed by atoms with Crippen LogP contribution >= 0.6 is 0 Å². The summed E-state index contributed by atoms with van der Waals surface area (Å²) in [6.07, 6.45) is 41.9. The second-order valence-electron chi connectivity index (χ2n) is 15.5. The molecule has 4 N–H and O–H groups in total. The first-order valence-corrected chi connectivity index (χ1v) is 23.0. The Morgan fingerprint density at radius 1 is 0.542 bits per heavy atom. The summed E-state index contributed by atoms with van der Waals surface area (Å²) in [6, 6.07) is 0. The standard InChI is InChI=1S/C49H82O10/c1-3-5-7-9-11-13-15-17-19-20-21-22-24-26-28-30-32-34-36-38-45(52)58-42(41-57-49-48(55)47(54)46(53)43(39-50)59-49)40-56-44(51)37-35-33-31-29-27-25-23-18-16-14-12-10-8-6-4-2/h5,7,11,13,17,19,21-22,26-29,42-43,46-50,53-55H,3-4,6,8-10,12,14-16,18,20,23-25,30-41H2,1-2H3/b7-5+,13-11+,19-17+,22-21+,28-26+,29-27+/t42-,43-,46+,47?,48?,49-/m1/s1. The first-order chi connectivity index (χ1) is 28.8. The van der Waals surface area contributed by atoms with Gasteiger partial charge in [-0.3, -0.25) is 9.59 Å². The van der Waals surface area contributed by atoms with Crippen molar-refractivity contribution < 1.29 is 49.0 Å². The topological polar surface area (TPSA) is 152 Å². The second kappa shape index (κ2) is 39.3. The van der Waals surface area contributed by atoms with E-state index in [0.717, 1.165) is 70.6 Å². The first kappa shape index (κ1) is 54.2. The van der Waals surface area contributed by atoms with Crippen LogP contribution in [0.4, 0.5) is 0 Å².